The summed E-state index contributed by atoms with van der Waals surface area (Å²) in [5.41, 5.74) is 1.88. The molecule has 1 aliphatic carbocycles. The number of rotatable bonds is 6. The molecule has 2 heterocycles. The molecule has 0 radical (unpaired) electrons. The Labute approximate surface area is 149 Å². The lowest BCUT2D eigenvalue weighted by atomic mass is 9.82. The van der Waals surface area contributed by atoms with Gasteiger partial charge in [-0.2, -0.15) is 0 Å². The van der Waals surface area contributed by atoms with Crippen LogP contribution in [0.5, 0.6) is 0 Å². The van der Waals surface area contributed by atoms with Crippen LogP contribution < -0.4 is 5.32 Å². The molecule has 0 bridgehead atoms. The highest BCUT2D eigenvalue weighted by Crippen LogP contribution is 2.26. The van der Waals surface area contributed by atoms with E-state index in [1.165, 1.54) is 0 Å². The SMILES string of the molecule is O=C(O)[C@H]1CC=CC[C@@H]1C(=O)NCCc1csc(-c2cccnc2)n1. The number of nitrogens with zero attached hydrogens (tertiary/aromatic N) is 2. The number of carboxylic acid groups (broad SMARTS) is 1. The van der Waals surface area contributed by atoms with Gasteiger partial charge in [0.25, 0.3) is 0 Å². The van der Waals surface area contributed by atoms with Gasteiger partial charge in [0.1, 0.15) is 5.01 Å². The van der Waals surface area contributed by atoms with Crippen LogP contribution in [0.3, 0.4) is 0 Å². The zero-order valence-electron chi connectivity index (χ0n) is 13.6. The number of pyridine rings is 1. The van der Waals surface area contributed by atoms with Gasteiger partial charge in [0.2, 0.25) is 5.91 Å². The Bertz CT molecular complexity index is 773. The molecular formula is C18H19N3O3S. The first-order valence-electron chi connectivity index (χ1n) is 8.15. The Kier molecular flexibility index (Phi) is 5.55. The van der Waals surface area contributed by atoms with Crippen LogP contribution in [-0.2, 0) is 16.0 Å². The highest BCUT2D eigenvalue weighted by Gasteiger charge is 2.33. The van der Waals surface area contributed by atoms with E-state index in [1.807, 2.05) is 29.7 Å². The summed E-state index contributed by atoms with van der Waals surface area (Å²) >= 11 is 1.54. The van der Waals surface area contributed by atoms with Crippen LogP contribution in [0.1, 0.15) is 18.5 Å². The van der Waals surface area contributed by atoms with Gasteiger partial charge in [0.15, 0.2) is 0 Å². The molecule has 0 aromatic carbocycles. The zero-order chi connectivity index (χ0) is 17.6. The average molecular weight is 357 g/mol. The van der Waals surface area contributed by atoms with E-state index in [9.17, 15) is 14.7 Å². The predicted octanol–water partition coefficient (Wildman–Crippen LogP) is 2.53. The molecule has 1 amide bonds. The molecule has 7 heteroatoms. The fraction of sp³-hybridized carbons (Fsp3) is 0.333. The molecule has 0 saturated heterocycles. The molecule has 0 unspecified atom stereocenters. The Balaban J connectivity index is 1.53. The van der Waals surface area contributed by atoms with Gasteiger partial charge in [-0.05, 0) is 25.0 Å². The van der Waals surface area contributed by atoms with Gasteiger partial charge in [-0.1, -0.05) is 12.2 Å². The molecule has 130 valence electrons. The summed E-state index contributed by atoms with van der Waals surface area (Å²) in [6.07, 6.45) is 8.70. The monoisotopic (exact) mass is 357 g/mol. The summed E-state index contributed by atoms with van der Waals surface area (Å²) in [6.45, 7) is 0.446. The third kappa shape index (κ3) is 4.30. The molecule has 3 rings (SSSR count). The highest BCUT2D eigenvalue weighted by molar-refractivity contribution is 7.13. The fourth-order valence-corrected chi connectivity index (χ4v) is 3.71. The summed E-state index contributed by atoms with van der Waals surface area (Å²) in [6, 6.07) is 3.83. The van der Waals surface area contributed by atoms with E-state index in [0.717, 1.165) is 16.3 Å². The van der Waals surface area contributed by atoms with Gasteiger partial charge in [-0.3, -0.25) is 14.6 Å². The van der Waals surface area contributed by atoms with E-state index in [-0.39, 0.29) is 5.91 Å². The molecule has 6 nitrogen and oxygen atoms in total. The lowest BCUT2D eigenvalue weighted by Crippen LogP contribution is -2.39. The average Bonchev–Trinajstić information content (AvgIpc) is 3.11. The molecule has 2 aromatic rings. The van der Waals surface area contributed by atoms with Crippen LogP contribution in [0.25, 0.3) is 10.6 Å². The molecule has 0 saturated carbocycles. The largest absolute Gasteiger partial charge is 0.481 e. The molecule has 2 atom stereocenters. The number of carbonyl (C=O) groups is 2. The first-order valence-corrected chi connectivity index (χ1v) is 9.03. The predicted molar refractivity (Wildman–Crippen MR) is 95.0 cm³/mol. The third-order valence-corrected chi connectivity index (χ3v) is 5.17. The number of thiazole rings is 1. The normalized spacial score (nSPS) is 19.5. The quantitative estimate of drug-likeness (QED) is 0.775. The topological polar surface area (TPSA) is 92.2 Å². The second-order valence-electron chi connectivity index (χ2n) is 5.92. The van der Waals surface area contributed by atoms with Gasteiger partial charge in [0.05, 0.1) is 17.5 Å². The number of carboxylic acids is 1. The Hall–Kier alpha value is -2.54. The molecule has 0 aliphatic heterocycles. The van der Waals surface area contributed by atoms with Crippen molar-refractivity contribution in [3.63, 3.8) is 0 Å². The maximum Gasteiger partial charge on any atom is 0.307 e. The maximum absolute atomic E-state index is 12.3. The van der Waals surface area contributed by atoms with Crippen LogP contribution in [0.4, 0.5) is 0 Å². The van der Waals surface area contributed by atoms with Crippen molar-refractivity contribution in [2.75, 3.05) is 6.54 Å². The van der Waals surface area contributed by atoms with Crippen LogP contribution in [0.15, 0.2) is 42.1 Å². The minimum absolute atomic E-state index is 0.195. The first kappa shape index (κ1) is 17.3. The standard InChI is InChI=1S/C18H19N3O3S/c22-16(14-5-1-2-6-15(14)18(23)24)20-9-7-13-11-25-17(21-13)12-4-3-8-19-10-12/h1-4,8,10-11,14-15H,5-7,9H2,(H,20,22)(H,23,24)/t14-,15-/m0/s1. The summed E-state index contributed by atoms with van der Waals surface area (Å²) in [5.74, 6) is -2.24. The lowest BCUT2D eigenvalue weighted by molar-refractivity contribution is -0.147. The van der Waals surface area contributed by atoms with Crippen molar-refractivity contribution < 1.29 is 14.7 Å². The summed E-state index contributed by atoms with van der Waals surface area (Å²) in [4.78, 5) is 32.2. The van der Waals surface area contributed by atoms with E-state index in [2.05, 4.69) is 15.3 Å². The minimum Gasteiger partial charge on any atom is -0.481 e. The van der Waals surface area contributed by atoms with Crippen LogP contribution >= 0.6 is 11.3 Å². The van der Waals surface area contributed by atoms with Crippen LogP contribution in [0.2, 0.25) is 0 Å². The third-order valence-electron chi connectivity index (χ3n) is 4.23. The summed E-state index contributed by atoms with van der Waals surface area (Å²) in [5, 5.41) is 15.0. The van der Waals surface area contributed by atoms with Crippen molar-refractivity contribution in [2.24, 2.45) is 11.8 Å². The van der Waals surface area contributed by atoms with Crippen molar-refractivity contribution in [3.8, 4) is 10.6 Å². The van der Waals surface area contributed by atoms with Crippen molar-refractivity contribution in [3.05, 3.63) is 47.8 Å². The molecular weight excluding hydrogens is 338 g/mol. The molecule has 2 N–H and O–H groups in total. The van der Waals surface area contributed by atoms with Crippen molar-refractivity contribution >= 4 is 23.2 Å². The molecule has 25 heavy (non-hydrogen) atoms. The molecule has 1 aliphatic rings. The fourth-order valence-electron chi connectivity index (χ4n) is 2.87. The van der Waals surface area contributed by atoms with Gasteiger partial charge < -0.3 is 10.4 Å². The number of amides is 1. The van der Waals surface area contributed by atoms with Crippen LogP contribution in [0, 0.1) is 11.8 Å². The first-order chi connectivity index (χ1) is 12.1. The lowest BCUT2D eigenvalue weighted by Gasteiger charge is -2.24. The van der Waals surface area contributed by atoms with E-state index in [1.54, 1.807) is 23.7 Å². The number of carbonyl (C=O) groups excluding carboxylic acids is 1. The number of hydrogen-bond donors (Lipinski definition) is 2. The van der Waals surface area contributed by atoms with E-state index in [4.69, 9.17) is 0 Å². The van der Waals surface area contributed by atoms with Crippen molar-refractivity contribution in [1.82, 2.24) is 15.3 Å². The Morgan fingerprint density at radius 2 is 2.08 bits per heavy atom. The molecule has 0 fully saturated rings. The Morgan fingerprint density at radius 1 is 1.28 bits per heavy atom. The molecule has 0 spiro atoms. The van der Waals surface area contributed by atoms with Crippen molar-refractivity contribution in [2.45, 2.75) is 19.3 Å². The smallest absolute Gasteiger partial charge is 0.307 e. The minimum atomic E-state index is -0.912. The number of nitrogens with one attached hydrogen (secondary N) is 1. The van der Waals surface area contributed by atoms with Gasteiger partial charge in [0, 0.05) is 36.3 Å². The van der Waals surface area contributed by atoms with Crippen molar-refractivity contribution in [1.29, 1.82) is 0 Å². The van der Waals surface area contributed by atoms with Gasteiger partial charge >= 0.3 is 5.97 Å². The number of allylic oxidation sites excluding steroid dienone is 2. The Morgan fingerprint density at radius 3 is 2.80 bits per heavy atom. The maximum atomic E-state index is 12.3. The van der Waals surface area contributed by atoms with Gasteiger partial charge in [-0.25, -0.2) is 4.98 Å². The van der Waals surface area contributed by atoms with Gasteiger partial charge in [-0.15, -0.1) is 11.3 Å². The van der Waals surface area contributed by atoms with Crippen LogP contribution in [-0.4, -0.2) is 33.5 Å². The van der Waals surface area contributed by atoms with E-state index >= 15 is 0 Å². The molecule has 2 aromatic heterocycles. The zero-order valence-corrected chi connectivity index (χ0v) is 14.4. The van der Waals surface area contributed by atoms with E-state index in [0.29, 0.717) is 25.8 Å². The summed E-state index contributed by atoms with van der Waals surface area (Å²) in [7, 11) is 0. The second kappa shape index (κ2) is 8.02. The number of aliphatic carboxylic acids is 1. The highest BCUT2D eigenvalue weighted by atomic mass is 32.1. The number of aromatic nitrogens is 2. The second-order valence-corrected chi connectivity index (χ2v) is 6.78. The summed E-state index contributed by atoms with van der Waals surface area (Å²) < 4.78 is 0. The van der Waals surface area contributed by atoms with E-state index < -0.39 is 17.8 Å². The number of hydrogen-bond acceptors (Lipinski definition) is 5.